The molecule has 0 heterocycles. The van der Waals surface area contributed by atoms with E-state index in [1.165, 1.54) is 0 Å². The van der Waals surface area contributed by atoms with Gasteiger partial charge in [-0.2, -0.15) is 5.26 Å². The molecule has 0 aromatic rings. The quantitative estimate of drug-likeness (QED) is 0.730. The molecule has 0 rings (SSSR count). The van der Waals surface area contributed by atoms with Crippen LogP contribution in [0.5, 0.6) is 0 Å². The normalized spacial score (nSPS) is 15.9. The molecule has 0 aromatic heterocycles. The van der Waals surface area contributed by atoms with E-state index >= 15 is 0 Å². The zero-order valence-electron chi connectivity index (χ0n) is 9.25. The van der Waals surface area contributed by atoms with E-state index in [9.17, 15) is 4.21 Å². The minimum absolute atomic E-state index is 0.114. The molecule has 0 saturated heterocycles. The van der Waals surface area contributed by atoms with Gasteiger partial charge in [0, 0.05) is 28.3 Å². The highest BCUT2D eigenvalue weighted by Gasteiger charge is 2.17. The molecule has 4 heteroatoms. The number of nitriles is 1. The Labute approximate surface area is 89.1 Å². The van der Waals surface area contributed by atoms with E-state index in [2.05, 4.69) is 6.07 Å². The average Bonchev–Trinajstić information content (AvgIpc) is 2.11. The van der Waals surface area contributed by atoms with Crippen LogP contribution in [0, 0.1) is 16.7 Å². The van der Waals surface area contributed by atoms with E-state index in [0.717, 1.165) is 6.42 Å². The van der Waals surface area contributed by atoms with Gasteiger partial charge in [0.1, 0.15) is 0 Å². The maximum absolute atomic E-state index is 11.5. The highest BCUT2D eigenvalue weighted by Crippen LogP contribution is 2.18. The van der Waals surface area contributed by atoms with Crippen LogP contribution in [0.2, 0.25) is 0 Å². The van der Waals surface area contributed by atoms with Crippen molar-refractivity contribution in [3.8, 4) is 6.07 Å². The molecule has 0 fully saturated rings. The van der Waals surface area contributed by atoms with Crippen molar-refractivity contribution in [3.05, 3.63) is 0 Å². The third-order valence-electron chi connectivity index (χ3n) is 2.06. The first kappa shape index (κ1) is 13.6. The van der Waals surface area contributed by atoms with Crippen LogP contribution in [0.15, 0.2) is 0 Å². The summed E-state index contributed by atoms with van der Waals surface area (Å²) in [5.41, 5.74) is 5.20. The number of rotatable bonds is 6. The zero-order chi connectivity index (χ0) is 11.2. The fourth-order valence-corrected chi connectivity index (χ4v) is 2.42. The van der Waals surface area contributed by atoms with E-state index in [0.29, 0.717) is 17.9 Å². The summed E-state index contributed by atoms with van der Waals surface area (Å²) in [5, 5.41) is 8.76. The largest absolute Gasteiger partial charge is 0.328 e. The summed E-state index contributed by atoms with van der Waals surface area (Å²) >= 11 is 0. The molecule has 82 valence electrons. The third-order valence-corrected chi connectivity index (χ3v) is 3.41. The Hall–Kier alpha value is -0.400. The number of nitrogens with zero attached hydrogens (tertiary/aromatic N) is 1. The molecule has 3 nitrogen and oxygen atoms in total. The van der Waals surface area contributed by atoms with E-state index in [1.807, 2.05) is 20.8 Å². The van der Waals surface area contributed by atoms with Crippen molar-refractivity contribution in [2.75, 3.05) is 11.5 Å². The minimum atomic E-state index is -0.820. The summed E-state index contributed by atoms with van der Waals surface area (Å²) in [5.74, 6) is 1.26. The van der Waals surface area contributed by atoms with E-state index < -0.39 is 10.8 Å². The SMILES string of the molecule is CC(N)CCS(=O)CCC(C)(C)C#N. The van der Waals surface area contributed by atoms with Crippen LogP contribution in [0.4, 0.5) is 0 Å². The first-order valence-electron chi connectivity index (χ1n) is 4.89. The predicted molar refractivity (Wildman–Crippen MR) is 60.2 cm³/mol. The van der Waals surface area contributed by atoms with E-state index in [4.69, 9.17) is 11.0 Å². The third kappa shape index (κ3) is 7.05. The lowest BCUT2D eigenvalue weighted by Crippen LogP contribution is -2.20. The summed E-state index contributed by atoms with van der Waals surface area (Å²) in [6.45, 7) is 5.65. The van der Waals surface area contributed by atoms with Gasteiger partial charge in [-0.1, -0.05) is 0 Å². The van der Waals surface area contributed by atoms with Gasteiger partial charge in [0.25, 0.3) is 0 Å². The van der Waals surface area contributed by atoms with Crippen molar-refractivity contribution in [2.24, 2.45) is 11.1 Å². The first-order valence-corrected chi connectivity index (χ1v) is 6.38. The number of hydrogen-bond acceptors (Lipinski definition) is 3. The van der Waals surface area contributed by atoms with Crippen molar-refractivity contribution in [1.29, 1.82) is 5.26 Å². The van der Waals surface area contributed by atoms with Crippen molar-refractivity contribution < 1.29 is 4.21 Å². The Morgan fingerprint density at radius 2 is 2.07 bits per heavy atom. The van der Waals surface area contributed by atoms with Crippen LogP contribution in [0.3, 0.4) is 0 Å². The maximum atomic E-state index is 11.5. The molecule has 0 aromatic carbocycles. The molecule has 0 bridgehead atoms. The average molecular weight is 216 g/mol. The number of hydrogen-bond donors (Lipinski definition) is 1. The fraction of sp³-hybridized carbons (Fsp3) is 0.900. The molecule has 0 radical (unpaired) electrons. The summed E-state index contributed by atoms with van der Waals surface area (Å²) in [7, 11) is -0.820. The van der Waals surface area contributed by atoms with Crippen molar-refractivity contribution in [3.63, 3.8) is 0 Å². The summed E-state index contributed by atoms with van der Waals surface area (Å²) in [6, 6.07) is 2.32. The van der Waals surface area contributed by atoms with Crippen LogP contribution < -0.4 is 5.73 Å². The Kier molecular flexibility index (Phi) is 5.98. The lowest BCUT2D eigenvalue weighted by atomic mass is 9.93. The van der Waals surface area contributed by atoms with Crippen molar-refractivity contribution in [1.82, 2.24) is 0 Å². The van der Waals surface area contributed by atoms with Gasteiger partial charge in [-0.05, 0) is 33.6 Å². The molecule has 2 unspecified atom stereocenters. The molecule has 2 N–H and O–H groups in total. The first-order chi connectivity index (χ1) is 6.37. The second-order valence-corrected chi connectivity index (χ2v) is 6.06. The van der Waals surface area contributed by atoms with Crippen LogP contribution in [-0.2, 0) is 10.8 Å². The molecule has 0 amide bonds. The van der Waals surface area contributed by atoms with Gasteiger partial charge in [0.05, 0.1) is 11.5 Å². The van der Waals surface area contributed by atoms with Crippen LogP contribution in [-0.4, -0.2) is 21.8 Å². The molecule has 0 aliphatic rings. The monoisotopic (exact) mass is 216 g/mol. The highest BCUT2D eigenvalue weighted by molar-refractivity contribution is 7.84. The van der Waals surface area contributed by atoms with Crippen LogP contribution in [0.25, 0.3) is 0 Å². The molecule has 0 aliphatic carbocycles. The highest BCUT2D eigenvalue weighted by atomic mass is 32.2. The van der Waals surface area contributed by atoms with E-state index in [1.54, 1.807) is 0 Å². The van der Waals surface area contributed by atoms with Gasteiger partial charge in [-0.15, -0.1) is 0 Å². The van der Waals surface area contributed by atoms with Gasteiger partial charge in [0.15, 0.2) is 0 Å². The zero-order valence-corrected chi connectivity index (χ0v) is 10.1. The standard InChI is InChI=1S/C10H20N2OS/c1-9(12)4-6-14(13)7-5-10(2,3)8-11/h9H,4-7,12H2,1-3H3. The lowest BCUT2D eigenvalue weighted by Gasteiger charge is -2.14. The molecule has 14 heavy (non-hydrogen) atoms. The summed E-state index contributed by atoms with van der Waals surface area (Å²) in [6.07, 6.45) is 1.48. The van der Waals surface area contributed by atoms with E-state index in [-0.39, 0.29) is 11.5 Å². The van der Waals surface area contributed by atoms with Gasteiger partial charge in [0.2, 0.25) is 0 Å². The maximum Gasteiger partial charge on any atom is 0.0684 e. The fourth-order valence-electron chi connectivity index (χ4n) is 0.844. The van der Waals surface area contributed by atoms with Crippen LogP contribution >= 0.6 is 0 Å². The predicted octanol–water partition coefficient (Wildman–Crippen LogP) is 1.41. The second kappa shape index (κ2) is 6.15. The summed E-state index contributed by atoms with van der Waals surface area (Å²) in [4.78, 5) is 0. The van der Waals surface area contributed by atoms with Gasteiger partial charge >= 0.3 is 0 Å². The van der Waals surface area contributed by atoms with Crippen molar-refractivity contribution >= 4 is 10.8 Å². The van der Waals surface area contributed by atoms with Gasteiger partial charge in [-0.3, -0.25) is 4.21 Å². The second-order valence-electron chi connectivity index (χ2n) is 4.36. The number of nitrogens with two attached hydrogens (primary N) is 1. The molecule has 0 spiro atoms. The molecular weight excluding hydrogens is 196 g/mol. The molecule has 0 aliphatic heterocycles. The van der Waals surface area contributed by atoms with Crippen molar-refractivity contribution in [2.45, 2.75) is 39.7 Å². The smallest absolute Gasteiger partial charge is 0.0684 e. The molecule has 0 saturated carbocycles. The topological polar surface area (TPSA) is 66.9 Å². The Bertz CT molecular complexity index is 231. The van der Waals surface area contributed by atoms with Gasteiger partial charge < -0.3 is 5.73 Å². The Morgan fingerprint density at radius 1 is 1.50 bits per heavy atom. The molecule has 2 atom stereocenters. The lowest BCUT2D eigenvalue weighted by molar-refractivity contribution is 0.479. The Balaban J connectivity index is 3.71. The minimum Gasteiger partial charge on any atom is -0.328 e. The molecular formula is C10H20N2OS. The van der Waals surface area contributed by atoms with Crippen LogP contribution in [0.1, 0.15) is 33.6 Å². The summed E-state index contributed by atoms with van der Waals surface area (Å²) < 4.78 is 11.5. The van der Waals surface area contributed by atoms with Gasteiger partial charge in [-0.25, -0.2) is 0 Å². The Morgan fingerprint density at radius 3 is 2.50 bits per heavy atom.